The summed E-state index contributed by atoms with van der Waals surface area (Å²) in [7, 11) is 0. The lowest BCUT2D eigenvalue weighted by atomic mass is 10.2. The first-order valence-corrected chi connectivity index (χ1v) is 6.39. The molecule has 3 nitrogen and oxygen atoms in total. The highest BCUT2D eigenvalue weighted by Crippen LogP contribution is 2.26. The Morgan fingerprint density at radius 2 is 2.00 bits per heavy atom. The summed E-state index contributed by atoms with van der Waals surface area (Å²) >= 11 is 8.74. The number of benzene rings is 2. The highest BCUT2D eigenvalue weighted by atomic mass is 79.9. The highest BCUT2D eigenvalue weighted by Gasteiger charge is 2.09. The molecule has 0 spiro atoms. The Hall–Kier alpha value is -1.59. The zero-order valence-corrected chi connectivity index (χ0v) is 11.8. The van der Waals surface area contributed by atoms with Gasteiger partial charge in [0.25, 0.3) is 5.91 Å². The van der Waals surface area contributed by atoms with E-state index >= 15 is 0 Å². The van der Waals surface area contributed by atoms with Crippen molar-refractivity contribution in [3.05, 3.63) is 57.3 Å². The van der Waals surface area contributed by atoms with E-state index in [1.807, 2.05) is 0 Å². The van der Waals surface area contributed by atoms with E-state index in [1.54, 1.807) is 0 Å². The van der Waals surface area contributed by atoms with Crippen LogP contribution in [0.3, 0.4) is 0 Å². The number of phenols is 1. The molecule has 2 N–H and O–H groups in total. The van der Waals surface area contributed by atoms with E-state index in [4.69, 9.17) is 11.6 Å². The van der Waals surface area contributed by atoms with E-state index in [2.05, 4.69) is 21.2 Å². The van der Waals surface area contributed by atoms with Crippen LogP contribution in [0.5, 0.6) is 5.75 Å². The lowest BCUT2D eigenvalue weighted by molar-refractivity contribution is 0.102. The van der Waals surface area contributed by atoms with Gasteiger partial charge >= 0.3 is 0 Å². The van der Waals surface area contributed by atoms with E-state index < -0.39 is 11.7 Å². The molecule has 0 aliphatic heterocycles. The first-order valence-electron chi connectivity index (χ1n) is 5.22. The number of halogens is 3. The Balaban J connectivity index is 2.20. The number of rotatable bonds is 2. The van der Waals surface area contributed by atoms with Crippen molar-refractivity contribution in [1.29, 1.82) is 0 Å². The van der Waals surface area contributed by atoms with Crippen LogP contribution in [0, 0.1) is 5.82 Å². The standard InChI is InChI=1S/C13H8BrClFNO2/c14-9-5-7(1-3-11(9)16)13(19)17-8-2-4-12(18)10(15)6-8/h1-6,18H,(H,17,19). The zero-order chi connectivity index (χ0) is 14.0. The molecule has 0 radical (unpaired) electrons. The van der Waals surface area contributed by atoms with Gasteiger partial charge in [0.05, 0.1) is 9.50 Å². The maximum absolute atomic E-state index is 13.1. The largest absolute Gasteiger partial charge is 0.506 e. The van der Waals surface area contributed by atoms with Gasteiger partial charge in [-0.25, -0.2) is 4.39 Å². The quantitative estimate of drug-likeness (QED) is 0.802. The number of hydrogen-bond donors (Lipinski definition) is 2. The van der Waals surface area contributed by atoms with Crippen molar-refractivity contribution in [2.75, 3.05) is 5.32 Å². The Morgan fingerprint density at radius 3 is 2.63 bits per heavy atom. The second-order valence-corrected chi connectivity index (χ2v) is 5.01. The molecule has 0 atom stereocenters. The van der Waals surface area contributed by atoms with Gasteiger partial charge in [-0.1, -0.05) is 11.6 Å². The van der Waals surface area contributed by atoms with Crippen molar-refractivity contribution in [3.63, 3.8) is 0 Å². The molecule has 0 aliphatic rings. The minimum atomic E-state index is -0.441. The molecule has 98 valence electrons. The molecule has 0 aromatic heterocycles. The molecule has 2 rings (SSSR count). The van der Waals surface area contributed by atoms with Gasteiger partial charge in [0.2, 0.25) is 0 Å². The van der Waals surface area contributed by atoms with Gasteiger partial charge in [-0.05, 0) is 52.3 Å². The summed E-state index contributed by atoms with van der Waals surface area (Å²) < 4.78 is 13.3. The molecule has 0 saturated carbocycles. The molecule has 1 amide bonds. The van der Waals surface area contributed by atoms with Gasteiger partial charge in [-0.15, -0.1) is 0 Å². The molecule has 0 heterocycles. The monoisotopic (exact) mass is 343 g/mol. The average Bonchev–Trinajstić information content (AvgIpc) is 2.37. The number of carbonyl (C=O) groups is 1. The number of amides is 1. The Bertz CT molecular complexity index is 649. The molecular weight excluding hydrogens is 337 g/mol. The van der Waals surface area contributed by atoms with E-state index in [1.165, 1.54) is 36.4 Å². The fourth-order valence-electron chi connectivity index (χ4n) is 1.43. The second kappa shape index (κ2) is 5.59. The van der Waals surface area contributed by atoms with E-state index in [0.717, 1.165) is 0 Å². The number of carbonyl (C=O) groups excluding carboxylic acids is 1. The molecule has 0 aliphatic carbocycles. The smallest absolute Gasteiger partial charge is 0.255 e. The normalized spacial score (nSPS) is 10.3. The topological polar surface area (TPSA) is 49.3 Å². The Labute approximate surface area is 122 Å². The first-order chi connectivity index (χ1) is 8.97. The van der Waals surface area contributed by atoms with E-state index in [9.17, 15) is 14.3 Å². The molecule has 0 fully saturated rings. The van der Waals surface area contributed by atoms with Gasteiger partial charge in [0, 0.05) is 11.3 Å². The number of phenolic OH excluding ortho intramolecular Hbond substituents is 1. The summed E-state index contributed by atoms with van der Waals surface area (Å²) in [4.78, 5) is 11.9. The predicted molar refractivity (Wildman–Crippen MR) is 75.2 cm³/mol. The fraction of sp³-hybridized carbons (Fsp3) is 0. The number of nitrogens with one attached hydrogen (secondary N) is 1. The first kappa shape index (κ1) is 13.8. The minimum Gasteiger partial charge on any atom is -0.506 e. The number of anilines is 1. The maximum Gasteiger partial charge on any atom is 0.255 e. The molecule has 0 unspecified atom stereocenters. The van der Waals surface area contributed by atoms with Crippen molar-refractivity contribution >= 4 is 39.1 Å². The molecule has 6 heteroatoms. The highest BCUT2D eigenvalue weighted by molar-refractivity contribution is 9.10. The molecule has 2 aromatic rings. The fourth-order valence-corrected chi connectivity index (χ4v) is 1.98. The van der Waals surface area contributed by atoms with Crippen LogP contribution < -0.4 is 5.32 Å². The van der Waals surface area contributed by atoms with Crippen LogP contribution in [-0.4, -0.2) is 11.0 Å². The van der Waals surface area contributed by atoms with Crippen molar-refractivity contribution in [1.82, 2.24) is 0 Å². The lowest BCUT2D eigenvalue weighted by Crippen LogP contribution is -2.11. The van der Waals surface area contributed by atoms with Gasteiger partial charge in [-0.3, -0.25) is 4.79 Å². The molecular formula is C13H8BrClFNO2. The van der Waals surface area contributed by atoms with Gasteiger partial charge in [0.15, 0.2) is 0 Å². The van der Waals surface area contributed by atoms with Gasteiger partial charge in [-0.2, -0.15) is 0 Å². The summed E-state index contributed by atoms with van der Waals surface area (Å²) in [5, 5.41) is 12.0. The summed E-state index contributed by atoms with van der Waals surface area (Å²) in [5.74, 6) is -0.907. The zero-order valence-electron chi connectivity index (χ0n) is 9.45. The van der Waals surface area contributed by atoms with Crippen molar-refractivity contribution in [2.24, 2.45) is 0 Å². The molecule has 19 heavy (non-hydrogen) atoms. The Morgan fingerprint density at radius 1 is 1.26 bits per heavy atom. The summed E-state index contributed by atoms with van der Waals surface area (Å²) in [6.45, 7) is 0. The molecule has 0 saturated heterocycles. The van der Waals surface area contributed by atoms with Crippen LogP contribution in [0.1, 0.15) is 10.4 Å². The maximum atomic E-state index is 13.1. The third-order valence-electron chi connectivity index (χ3n) is 2.39. The van der Waals surface area contributed by atoms with Crippen LogP contribution in [0.2, 0.25) is 5.02 Å². The summed E-state index contributed by atoms with van der Waals surface area (Å²) in [6, 6.07) is 8.26. The molecule has 2 aromatic carbocycles. The van der Waals surface area contributed by atoms with Crippen LogP contribution in [0.25, 0.3) is 0 Å². The second-order valence-electron chi connectivity index (χ2n) is 3.75. The van der Waals surface area contributed by atoms with Crippen molar-refractivity contribution in [3.8, 4) is 5.75 Å². The Kier molecular flexibility index (Phi) is 4.07. The predicted octanol–water partition coefficient (Wildman–Crippen LogP) is 4.20. The number of hydrogen-bond acceptors (Lipinski definition) is 2. The van der Waals surface area contributed by atoms with Gasteiger partial charge < -0.3 is 10.4 Å². The van der Waals surface area contributed by atoms with Crippen molar-refractivity contribution in [2.45, 2.75) is 0 Å². The van der Waals surface area contributed by atoms with Crippen LogP contribution in [0.15, 0.2) is 40.9 Å². The third-order valence-corrected chi connectivity index (χ3v) is 3.30. The van der Waals surface area contributed by atoms with Crippen LogP contribution >= 0.6 is 27.5 Å². The van der Waals surface area contributed by atoms with E-state index in [0.29, 0.717) is 11.3 Å². The van der Waals surface area contributed by atoms with Crippen LogP contribution in [-0.2, 0) is 0 Å². The third kappa shape index (κ3) is 3.24. The minimum absolute atomic E-state index is 0.0656. The van der Waals surface area contributed by atoms with Crippen LogP contribution in [0.4, 0.5) is 10.1 Å². The number of aromatic hydroxyl groups is 1. The van der Waals surface area contributed by atoms with Crippen molar-refractivity contribution < 1.29 is 14.3 Å². The van der Waals surface area contributed by atoms with Gasteiger partial charge in [0.1, 0.15) is 11.6 Å². The average molecular weight is 345 g/mol. The lowest BCUT2D eigenvalue weighted by Gasteiger charge is -2.07. The summed E-state index contributed by atoms with van der Waals surface area (Å²) in [5.41, 5.74) is 0.741. The summed E-state index contributed by atoms with van der Waals surface area (Å²) in [6.07, 6.45) is 0. The SMILES string of the molecule is O=C(Nc1ccc(O)c(Cl)c1)c1ccc(F)c(Br)c1. The molecule has 0 bridgehead atoms. The van der Waals surface area contributed by atoms with E-state index in [-0.39, 0.29) is 15.2 Å².